The monoisotopic (exact) mass is 559 g/mol. The Morgan fingerprint density at radius 3 is 2.33 bits per heavy atom. The van der Waals surface area contributed by atoms with Crippen LogP contribution in [-0.2, 0) is 23.9 Å². The maximum absolute atomic E-state index is 17.5. The van der Waals surface area contributed by atoms with E-state index in [0.717, 1.165) is 6.08 Å². The fraction of sp³-hybridized carbons (Fsp3) is 0.742. The smallest absolute Gasteiger partial charge is 0.352 e. The molecule has 0 unspecified atom stereocenters. The number of ether oxygens (including phenoxy) is 2. The van der Waals surface area contributed by atoms with Crippen molar-refractivity contribution in [3.63, 3.8) is 0 Å². The van der Waals surface area contributed by atoms with E-state index in [4.69, 9.17) is 14.7 Å². The van der Waals surface area contributed by atoms with Crippen molar-refractivity contribution in [2.24, 2.45) is 45.3 Å². The Bertz CT molecular complexity index is 1270. The minimum atomic E-state index is -2.33. The first-order valence-electron chi connectivity index (χ1n) is 14.1. The van der Waals surface area contributed by atoms with Gasteiger partial charge in [0.1, 0.15) is 12.2 Å². The van der Waals surface area contributed by atoms with E-state index >= 15 is 8.78 Å². The van der Waals surface area contributed by atoms with Gasteiger partial charge in [0.25, 0.3) is 0 Å². The average Bonchev–Trinajstić information content (AvgIpc) is 3.17. The molecule has 0 aromatic carbocycles. The van der Waals surface area contributed by atoms with Gasteiger partial charge in [-0.3, -0.25) is 9.59 Å². The maximum atomic E-state index is 17.5. The number of esters is 2. The number of hydrogen-bond donors (Lipinski definition) is 1. The molecule has 4 saturated carbocycles. The summed E-state index contributed by atoms with van der Waals surface area (Å²) in [7, 11) is 0. The standard InChI is InChI=1S/C31H39F2NO6/c1-16-12-18-19-14-21(32)20-13-17(35)8-9-28(20,6)30(19,33)22(36)15-29(18,7)31(16,25(38)39-11-10-34)40-24(37)23-26(2,3)27(23,4)5/h8-9,13,16,18-19,21-23,36H,11-12,14-15H2,1-7H3/t16-,18+,19+,21+,22-,28+,29+,30+,31-/m1/s1. The largest absolute Gasteiger partial charge is 0.447 e. The number of aliphatic hydroxyl groups is 1. The van der Waals surface area contributed by atoms with Crippen LogP contribution in [0, 0.1) is 56.7 Å². The number of ketones is 1. The van der Waals surface area contributed by atoms with Gasteiger partial charge < -0.3 is 14.6 Å². The Balaban J connectivity index is 1.62. The Hall–Kier alpha value is -2.60. The van der Waals surface area contributed by atoms with E-state index in [0.29, 0.717) is 0 Å². The number of alkyl halides is 2. The normalized spacial score (nSPS) is 46.3. The van der Waals surface area contributed by atoms with E-state index in [2.05, 4.69) is 0 Å². The van der Waals surface area contributed by atoms with Crippen molar-refractivity contribution in [2.45, 2.75) is 91.3 Å². The van der Waals surface area contributed by atoms with Gasteiger partial charge in [-0.05, 0) is 60.7 Å². The number of nitrogens with zero attached hydrogens (tertiary/aromatic N) is 1. The van der Waals surface area contributed by atoms with Crippen LogP contribution in [0.25, 0.3) is 0 Å². The third-order valence-corrected chi connectivity index (χ3v) is 12.3. The summed E-state index contributed by atoms with van der Waals surface area (Å²) in [5, 5.41) is 20.8. The van der Waals surface area contributed by atoms with E-state index in [1.807, 2.05) is 27.7 Å². The summed E-state index contributed by atoms with van der Waals surface area (Å²) in [5.74, 6) is -4.80. The number of allylic oxidation sites excluding steroid dienone is 4. The van der Waals surface area contributed by atoms with E-state index in [-0.39, 0.29) is 24.8 Å². The fourth-order valence-electron chi connectivity index (χ4n) is 9.43. The minimum absolute atomic E-state index is 0.0109. The first kappa shape index (κ1) is 28.9. The Morgan fingerprint density at radius 2 is 1.75 bits per heavy atom. The molecule has 0 aliphatic heterocycles. The lowest BCUT2D eigenvalue weighted by Crippen LogP contribution is -2.71. The second kappa shape index (κ2) is 8.47. The van der Waals surface area contributed by atoms with Crippen LogP contribution >= 0.6 is 0 Å². The number of fused-ring (bicyclic) bond motifs is 5. The molecule has 0 saturated heterocycles. The van der Waals surface area contributed by atoms with Crippen LogP contribution in [0.5, 0.6) is 0 Å². The zero-order valence-electron chi connectivity index (χ0n) is 24.2. The van der Waals surface area contributed by atoms with E-state index in [9.17, 15) is 19.5 Å². The SMILES string of the molecule is C[C@@H]1C[C@H]2[C@@H]3C[C@H](F)C4=CC(=O)C=C[C@]4(C)[C@@]3(F)[C@H](O)C[C@]2(C)[C@]1(OC(=O)C1C(C)(C)C1(C)C)C(=O)OCC#N. The molecule has 1 N–H and O–H groups in total. The van der Waals surface area contributed by atoms with Crippen molar-refractivity contribution < 1.29 is 37.7 Å². The van der Waals surface area contributed by atoms with E-state index in [1.165, 1.54) is 19.1 Å². The molecular weight excluding hydrogens is 520 g/mol. The predicted octanol–water partition coefficient (Wildman–Crippen LogP) is 4.58. The number of carbonyl (C=O) groups excluding carboxylic acids is 3. The highest BCUT2D eigenvalue weighted by molar-refractivity contribution is 6.01. The molecule has 5 aliphatic rings. The van der Waals surface area contributed by atoms with E-state index < -0.39 is 93.2 Å². The third-order valence-electron chi connectivity index (χ3n) is 12.3. The predicted molar refractivity (Wildman–Crippen MR) is 140 cm³/mol. The van der Waals surface area contributed by atoms with Crippen molar-refractivity contribution >= 4 is 17.7 Å². The molecule has 5 rings (SSSR count). The lowest BCUT2D eigenvalue weighted by atomic mass is 9.44. The lowest BCUT2D eigenvalue weighted by molar-refractivity contribution is -0.239. The average molecular weight is 560 g/mol. The molecule has 7 nitrogen and oxygen atoms in total. The van der Waals surface area contributed by atoms with Gasteiger partial charge >= 0.3 is 11.9 Å². The summed E-state index contributed by atoms with van der Waals surface area (Å²) >= 11 is 0. The molecule has 9 atom stereocenters. The van der Waals surface area contributed by atoms with Crippen molar-refractivity contribution in [1.82, 2.24) is 0 Å². The van der Waals surface area contributed by atoms with Gasteiger partial charge in [0.05, 0.1) is 12.0 Å². The quantitative estimate of drug-likeness (QED) is 0.502. The summed E-state index contributed by atoms with van der Waals surface area (Å²) in [5.41, 5.74) is -7.91. The van der Waals surface area contributed by atoms with Gasteiger partial charge in [-0.25, -0.2) is 13.6 Å². The highest BCUT2D eigenvalue weighted by Gasteiger charge is 2.80. The minimum Gasteiger partial charge on any atom is -0.447 e. The summed E-state index contributed by atoms with van der Waals surface area (Å²) in [6, 6.07) is 1.77. The van der Waals surface area contributed by atoms with Gasteiger partial charge in [-0.2, -0.15) is 5.26 Å². The molecule has 0 bridgehead atoms. The Labute approximate surface area is 234 Å². The zero-order valence-corrected chi connectivity index (χ0v) is 24.2. The Morgan fingerprint density at radius 1 is 1.12 bits per heavy atom. The fourth-order valence-corrected chi connectivity index (χ4v) is 9.43. The molecule has 218 valence electrons. The van der Waals surface area contributed by atoms with Gasteiger partial charge in [0.2, 0.25) is 5.60 Å². The van der Waals surface area contributed by atoms with Crippen LogP contribution in [0.3, 0.4) is 0 Å². The number of nitriles is 1. The van der Waals surface area contributed by atoms with Crippen LogP contribution in [0.4, 0.5) is 8.78 Å². The number of carbonyl (C=O) groups is 3. The zero-order chi connectivity index (χ0) is 29.8. The maximum Gasteiger partial charge on any atom is 0.352 e. The van der Waals surface area contributed by atoms with Gasteiger partial charge in [-0.15, -0.1) is 0 Å². The molecule has 40 heavy (non-hydrogen) atoms. The molecule has 0 amide bonds. The van der Waals surface area contributed by atoms with Gasteiger partial charge in [0, 0.05) is 22.7 Å². The lowest BCUT2D eigenvalue weighted by Gasteiger charge is -2.63. The van der Waals surface area contributed by atoms with E-state index in [1.54, 1.807) is 19.9 Å². The third kappa shape index (κ3) is 3.20. The number of rotatable bonds is 4. The molecule has 0 aromatic heterocycles. The van der Waals surface area contributed by atoms with Gasteiger partial charge in [-0.1, -0.05) is 47.6 Å². The van der Waals surface area contributed by atoms with Gasteiger partial charge in [0.15, 0.2) is 18.1 Å². The van der Waals surface area contributed by atoms with Crippen molar-refractivity contribution in [3.8, 4) is 6.07 Å². The first-order chi connectivity index (χ1) is 18.4. The number of halogens is 2. The highest BCUT2D eigenvalue weighted by atomic mass is 19.1. The highest BCUT2D eigenvalue weighted by Crippen LogP contribution is 2.73. The van der Waals surface area contributed by atoms with Crippen LogP contribution in [0.1, 0.15) is 67.7 Å². The van der Waals surface area contributed by atoms with Crippen LogP contribution in [-0.4, -0.2) is 53.0 Å². The van der Waals surface area contributed by atoms with Crippen molar-refractivity contribution in [2.75, 3.05) is 6.61 Å². The number of aliphatic hydroxyl groups excluding tert-OH is 1. The van der Waals surface area contributed by atoms with Crippen LogP contribution in [0.2, 0.25) is 0 Å². The van der Waals surface area contributed by atoms with Crippen molar-refractivity contribution in [1.29, 1.82) is 5.26 Å². The molecule has 0 heterocycles. The first-order valence-corrected chi connectivity index (χ1v) is 14.1. The summed E-state index contributed by atoms with van der Waals surface area (Å²) < 4.78 is 44.9. The topological polar surface area (TPSA) is 114 Å². The molecule has 9 heteroatoms. The molecule has 0 radical (unpaired) electrons. The molecule has 5 aliphatic carbocycles. The molecule has 0 spiro atoms. The second-order valence-corrected chi connectivity index (χ2v) is 14.3. The summed E-state index contributed by atoms with van der Waals surface area (Å²) in [6.45, 7) is 12.1. The van der Waals surface area contributed by atoms with Crippen molar-refractivity contribution in [3.05, 3.63) is 23.8 Å². The Kier molecular flexibility index (Phi) is 6.12. The summed E-state index contributed by atoms with van der Waals surface area (Å²) in [6.07, 6.45) is 0.0707. The number of hydrogen-bond acceptors (Lipinski definition) is 7. The molecule has 4 fully saturated rings. The molecule has 0 aromatic rings. The molecular formula is C31H39F2NO6. The van der Waals surface area contributed by atoms with Crippen LogP contribution < -0.4 is 0 Å². The summed E-state index contributed by atoms with van der Waals surface area (Å²) in [4.78, 5) is 39.7. The van der Waals surface area contributed by atoms with Crippen LogP contribution in [0.15, 0.2) is 23.8 Å². The second-order valence-electron chi connectivity index (χ2n) is 14.3.